The molecule has 0 saturated carbocycles. The van der Waals surface area contributed by atoms with Gasteiger partial charge in [0.2, 0.25) is 5.95 Å². The van der Waals surface area contributed by atoms with Crippen LogP contribution in [0.1, 0.15) is 17.2 Å². The number of ether oxygens (including phenoxy) is 1. The first-order valence-electron chi connectivity index (χ1n) is 10.5. The maximum atomic E-state index is 12.4. The predicted molar refractivity (Wildman–Crippen MR) is 133 cm³/mol. The summed E-state index contributed by atoms with van der Waals surface area (Å²) in [5.41, 5.74) is 2.61. The number of anilines is 2. The molecule has 9 heteroatoms. The van der Waals surface area contributed by atoms with Crippen LogP contribution in [0.4, 0.5) is 11.9 Å². The molecule has 7 nitrogen and oxygen atoms in total. The van der Waals surface area contributed by atoms with Crippen molar-refractivity contribution in [3.8, 4) is 5.75 Å². The second kappa shape index (κ2) is 9.59. The highest BCUT2D eigenvalue weighted by Crippen LogP contribution is 2.36. The first kappa shape index (κ1) is 22.0. The molecule has 1 aromatic heterocycles. The smallest absolute Gasteiger partial charge is 0.264 e. The van der Waals surface area contributed by atoms with Crippen molar-refractivity contribution in [3.63, 3.8) is 0 Å². The number of benzene rings is 3. The van der Waals surface area contributed by atoms with Gasteiger partial charge in [0, 0.05) is 15.7 Å². The summed E-state index contributed by atoms with van der Waals surface area (Å²) in [6.45, 7) is -0.163. The molecule has 4 aromatic rings. The maximum Gasteiger partial charge on any atom is 0.264 e. The Balaban J connectivity index is 1.42. The highest BCUT2D eigenvalue weighted by Gasteiger charge is 2.27. The van der Waals surface area contributed by atoms with E-state index in [1.165, 1.54) is 0 Å². The number of amides is 1. The molecule has 0 bridgehead atoms. The molecule has 34 heavy (non-hydrogen) atoms. The number of carbonyl (C=O) groups is 1. The lowest BCUT2D eigenvalue weighted by molar-refractivity contribution is -0.118. The fraction of sp³-hybridized carbons (Fsp3) is 0.0800. The third-order valence-corrected chi connectivity index (χ3v) is 5.81. The highest BCUT2D eigenvalue weighted by atomic mass is 35.5. The Hall–Kier alpha value is -3.81. The van der Waals surface area contributed by atoms with Crippen molar-refractivity contribution in [2.75, 3.05) is 17.2 Å². The average Bonchev–Trinajstić information content (AvgIpc) is 3.26. The molecule has 0 aliphatic carbocycles. The van der Waals surface area contributed by atoms with Gasteiger partial charge in [-0.2, -0.15) is 4.98 Å². The number of para-hydroxylation sites is 1. The minimum Gasteiger partial charge on any atom is -0.484 e. The standard InChI is InChI=1S/C25H19Cl2N5O2/c26-17-12-10-16(11-13-17)21-14-22(19-8-4-5-9-20(19)27)32-25(28-21)30-24(31-32)29-23(33)15-34-18-6-2-1-3-7-18/h1-14,22H,15H2,(H2,28,29,30,31,33). The van der Waals surface area contributed by atoms with Crippen molar-refractivity contribution in [1.29, 1.82) is 0 Å². The van der Waals surface area contributed by atoms with Gasteiger partial charge in [-0.1, -0.05) is 71.7 Å². The SMILES string of the molecule is O=C(COc1ccccc1)Nc1nc2n(n1)C(c1ccccc1Cl)C=C(c1ccc(Cl)cc1)N2. The second-order valence-electron chi connectivity index (χ2n) is 7.53. The molecule has 2 N–H and O–H groups in total. The Kier molecular flexibility index (Phi) is 6.20. The minimum atomic E-state index is -0.369. The van der Waals surface area contributed by atoms with Crippen LogP contribution in [0.25, 0.3) is 5.70 Å². The van der Waals surface area contributed by atoms with Gasteiger partial charge in [-0.25, -0.2) is 4.68 Å². The van der Waals surface area contributed by atoms with Crippen LogP contribution in [0.2, 0.25) is 10.0 Å². The molecular formula is C25H19Cl2N5O2. The topological polar surface area (TPSA) is 81.1 Å². The third-order valence-electron chi connectivity index (χ3n) is 5.21. The molecule has 0 spiro atoms. The number of rotatable bonds is 6. The van der Waals surface area contributed by atoms with Crippen LogP contribution in [0.3, 0.4) is 0 Å². The molecule has 1 aliphatic heterocycles. The van der Waals surface area contributed by atoms with Crippen molar-refractivity contribution >= 4 is 46.7 Å². The molecule has 5 rings (SSSR count). The monoisotopic (exact) mass is 491 g/mol. The van der Waals surface area contributed by atoms with Crippen molar-refractivity contribution in [1.82, 2.24) is 14.8 Å². The van der Waals surface area contributed by atoms with E-state index in [9.17, 15) is 4.79 Å². The molecule has 1 unspecified atom stereocenters. The summed E-state index contributed by atoms with van der Waals surface area (Å²) in [6, 6.07) is 23.8. The molecule has 1 aliphatic rings. The number of hydrogen-bond acceptors (Lipinski definition) is 5. The van der Waals surface area contributed by atoms with E-state index in [2.05, 4.69) is 20.7 Å². The lowest BCUT2D eigenvalue weighted by atomic mass is 10.0. The van der Waals surface area contributed by atoms with E-state index in [1.807, 2.05) is 72.8 Å². The quantitative estimate of drug-likeness (QED) is 0.363. The summed E-state index contributed by atoms with van der Waals surface area (Å²) in [5.74, 6) is 0.864. The largest absolute Gasteiger partial charge is 0.484 e. The van der Waals surface area contributed by atoms with Crippen molar-refractivity contribution < 1.29 is 9.53 Å². The van der Waals surface area contributed by atoms with E-state index in [-0.39, 0.29) is 24.5 Å². The van der Waals surface area contributed by atoms with E-state index in [4.69, 9.17) is 27.9 Å². The van der Waals surface area contributed by atoms with Gasteiger partial charge in [-0.15, -0.1) is 5.10 Å². The first-order valence-corrected chi connectivity index (χ1v) is 11.3. The zero-order chi connectivity index (χ0) is 23.5. The van der Waals surface area contributed by atoms with Crippen LogP contribution in [0, 0.1) is 0 Å². The van der Waals surface area contributed by atoms with Crippen LogP contribution < -0.4 is 15.4 Å². The molecule has 170 valence electrons. The van der Waals surface area contributed by atoms with Crippen LogP contribution in [-0.2, 0) is 4.79 Å². The van der Waals surface area contributed by atoms with Crippen LogP contribution in [0.5, 0.6) is 5.75 Å². The first-order chi connectivity index (χ1) is 16.6. The molecule has 2 heterocycles. The molecule has 3 aromatic carbocycles. The van der Waals surface area contributed by atoms with Crippen molar-refractivity contribution in [2.45, 2.75) is 6.04 Å². The van der Waals surface area contributed by atoms with Crippen LogP contribution in [-0.4, -0.2) is 27.3 Å². The van der Waals surface area contributed by atoms with Crippen LogP contribution >= 0.6 is 23.2 Å². The zero-order valence-corrected chi connectivity index (χ0v) is 19.3. The van der Waals surface area contributed by atoms with Gasteiger partial charge in [-0.3, -0.25) is 10.1 Å². The summed E-state index contributed by atoms with van der Waals surface area (Å²) >= 11 is 12.6. The lowest BCUT2D eigenvalue weighted by Gasteiger charge is -2.24. The Morgan fingerprint density at radius 2 is 1.74 bits per heavy atom. The van der Waals surface area contributed by atoms with Crippen molar-refractivity contribution in [3.05, 3.63) is 106 Å². The number of aromatic nitrogens is 3. The molecular weight excluding hydrogens is 473 g/mol. The van der Waals surface area contributed by atoms with Gasteiger partial charge in [0.15, 0.2) is 6.61 Å². The average molecular weight is 492 g/mol. The summed E-state index contributed by atoms with van der Waals surface area (Å²) < 4.78 is 7.19. The number of nitrogens with zero attached hydrogens (tertiary/aromatic N) is 3. The lowest BCUT2D eigenvalue weighted by Crippen LogP contribution is -2.21. The number of carbonyl (C=O) groups excluding carboxylic acids is 1. The molecule has 0 saturated heterocycles. The van der Waals surface area contributed by atoms with E-state index >= 15 is 0 Å². The third kappa shape index (κ3) is 4.76. The normalized spacial score (nSPS) is 14.5. The molecule has 0 radical (unpaired) electrons. The highest BCUT2D eigenvalue weighted by molar-refractivity contribution is 6.31. The van der Waals surface area contributed by atoms with Crippen molar-refractivity contribution in [2.24, 2.45) is 0 Å². The second-order valence-corrected chi connectivity index (χ2v) is 8.38. The Morgan fingerprint density at radius 1 is 1.00 bits per heavy atom. The van der Waals surface area contributed by atoms with Gasteiger partial charge >= 0.3 is 0 Å². The molecule has 0 fully saturated rings. The summed E-state index contributed by atoms with van der Waals surface area (Å²) in [4.78, 5) is 16.9. The molecule has 1 amide bonds. The Labute approximate surface area is 206 Å². The number of fused-ring (bicyclic) bond motifs is 1. The van der Waals surface area contributed by atoms with Gasteiger partial charge < -0.3 is 10.1 Å². The van der Waals surface area contributed by atoms with E-state index < -0.39 is 0 Å². The maximum absolute atomic E-state index is 12.4. The Bertz CT molecular complexity index is 1350. The van der Waals surface area contributed by atoms with E-state index in [0.717, 1.165) is 16.8 Å². The van der Waals surface area contributed by atoms with Gasteiger partial charge in [0.05, 0.1) is 0 Å². The number of allylic oxidation sites excluding steroid dienone is 1. The van der Waals surface area contributed by atoms with Gasteiger partial charge in [0.1, 0.15) is 11.8 Å². The fourth-order valence-corrected chi connectivity index (χ4v) is 3.98. The predicted octanol–water partition coefficient (Wildman–Crippen LogP) is 5.66. The zero-order valence-electron chi connectivity index (χ0n) is 17.8. The minimum absolute atomic E-state index is 0.159. The van der Waals surface area contributed by atoms with E-state index in [0.29, 0.717) is 21.7 Å². The van der Waals surface area contributed by atoms with Crippen LogP contribution in [0.15, 0.2) is 84.9 Å². The van der Waals surface area contributed by atoms with E-state index in [1.54, 1.807) is 16.8 Å². The number of halogens is 2. The number of nitrogens with one attached hydrogen (secondary N) is 2. The van der Waals surface area contributed by atoms with Gasteiger partial charge in [0.25, 0.3) is 11.9 Å². The summed E-state index contributed by atoms with van der Waals surface area (Å²) in [6.07, 6.45) is 2.01. The van der Waals surface area contributed by atoms with Gasteiger partial charge in [-0.05, 0) is 47.5 Å². The number of hydrogen-bond donors (Lipinski definition) is 2. The summed E-state index contributed by atoms with van der Waals surface area (Å²) in [7, 11) is 0. The Morgan fingerprint density at radius 3 is 2.50 bits per heavy atom. The summed E-state index contributed by atoms with van der Waals surface area (Å²) in [5, 5.41) is 11.7. The molecule has 1 atom stereocenters. The fourth-order valence-electron chi connectivity index (χ4n) is 3.61.